The molecule has 2 aliphatic rings. The number of rotatable bonds is 8. The molecule has 2 aromatic rings. The molecule has 0 atom stereocenters. The Kier molecular flexibility index (Phi) is 8.66. The van der Waals surface area contributed by atoms with Crippen molar-refractivity contribution in [3.8, 4) is 0 Å². The van der Waals surface area contributed by atoms with Crippen molar-refractivity contribution in [2.24, 2.45) is 4.99 Å². The van der Waals surface area contributed by atoms with E-state index in [1.54, 1.807) is 7.05 Å². The largest absolute Gasteiger partial charge is 0.356 e. The third kappa shape index (κ3) is 6.62. The molecule has 166 valence electrons. The molecule has 0 saturated heterocycles. The first-order valence-corrected chi connectivity index (χ1v) is 11.5. The van der Waals surface area contributed by atoms with Crippen LogP contribution in [0.25, 0.3) is 0 Å². The summed E-state index contributed by atoms with van der Waals surface area (Å²) in [6, 6.07) is 18.9. The van der Waals surface area contributed by atoms with Crippen LogP contribution in [0.4, 0.5) is 0 Å². The van der Waals surface area contributed by atoms with Gasteiger partial charge < -0.3 is 15.5 Å². The van der Waals surface area contributed by atoms with Crippen LogP contribution in [0, 0.1) is 0 Å². The lowest BCUT2D eigenvalue weighted by Crippen LogP contribution is -2.41. The van der Waals surface area contributed by atoms with Crippen molar-refractivity contribution in [1.82, 2.24) is 15.5 Å². The van der Waals surface area contributed by atoms with Crippen LogP contribution >= 0.6 is 35.7 Å². The summed E-state index contributed by atoms with van der Waals surface area (Å²) >= 11 is 1.96. The molecule has 0 radical (unpaired) electrons. The van der Waals surface area contributed by atoms with E-state index in [0.717, 1.165) is 38.6 Å². The summed E-state index contributed by atoms with van der Waals surface area (Å²) in [5.41, 5.74) is 2.55. The maximum Gasteiger partial charge on any atom is 0.223 e. The van der Waals surface area contributed by atoms with Gasteiger partial charge in [0, 0.05) is 49.3 Å². The van der Waals surface area contributed by atoms with Crippen LogP contribution in [0.3, 0.4) is 0 Å². The lowest BCUT2D eigenvalue weighted by atomic mass is 10.1. The van der Waals surface area contributed by atoms with Gasteiger partial charge in [0.05, 0.1) is 0 Å². The van der Waals surface area contributed by atoms with E-state index in [4.69, 9.17) is 0 Å². The number of aliphatic imine (C=N–C) groups is 1. The summed E-state index contributed by atoms with van der Waals surface area (Å²) in [6.07, 6.45) is 3.81. The number of halogens is 1. The topological polar surface area (TPSA) is 56.7 Å². The van der Waals surface area contributed by atoms with E-state index in [0.29, 0.717) is 6.42 Å². The molecule has 31 heavy (non-hydrogen) atoms. The van der Waals surface area contributed by atoms with Gasteiger partial charge in [0.1, 0.15) is 0 Å². The molecular formula is C24H31IN4OS. The van der Waals surface area contributed by atoms with Gasteiger partial charge in [0.25, 0.3) is 0 Å². The maximum absolute atomic E-state index is 12.5. The predicted molar refractivity (Wildman–Crippen MR) is 139 cm³/mol. The summed E-state index contributed by atoms with van der Waals surface area (Å²) < 4.78 is 0.277. The highest BCUT2D eigenvalue weighted by Gasteiger charge is 2.43. The molecule has 0 spiro atoms. The second-order valence-electron chi connectivity index (χ2n) is 8.07. The van der Waals surface area contributed by atoms with Gasteiger partial charge in [-0.15, -0.1) is 35.7 Å². The van der Waals surface area contributed by atoms with Gasteiger partial charge in [0.2, 0.25) is 5.91 Å². The Morgan fingerprint density at radius 2 is 1.68 bits per heavy atom. The van der Waals surface area contributed by atoms with Crippen molar-refractivity contribution < 1.29 is 4.79 Å². The van der Waals surface area contributed by atoms with Crippen LogP contribution in [0.1, 0.15) is 36.8 Å². The molecule has 1 amide bonds. The third-order valence-electron chi connectivity index (χ3n) is 5.74. The highest BCUT2D eigenvalue weighted by atomic mass is 127. The fourth-order valence-corrected chi connectivity index (χ4v) is 5.02. The van der Waals surface area contributed by atoms with Crippen LogP contribution < -0.4 is 10.6 Å². The Labute approximate surface area is 206 Å². The lowest BCUT2D eigenvalue weighted by Gasteiger charge is -2.19. The van der Waals surface area contributed by atoms with Gasteiger partial charge in [-0.2, -0.15) is 0 Å². The molecule has 1 aliphatic carbocycles. The van der Waals surface area contributed by atoms with Gasteiger partial charge in [0.15, 0.2) is 5.96 Å². The van der Waals surface area contributed by atoms with Crippen LogP contribution in [-0.2, 0) is 17.9 Å². The van der Waals surface area contributed by atoms with E-state index in [2.05, 4.69) is 58.1 Å². The summed E-state index contributed by atoms with van der Waals surface area (Å²) in [7, 11) is 1.80. The van der Waals surface area contributed by atoms with Crippen molar-refractivity contribution in [2.75, 3.05) is 20.1 Å². The lowest BCUT2D eigenvalue weighted by molar-refractivity contribution is -0.131. The first kappa shape index (κ1) is 23.9. The highest BCUT2D eigenvalue weighted by molar-refractivity contribution is 14.0. The average Bonchev–Trinajstić information content (AvgIpc) is 3.39. The van der Waals surface area contributed by atoms with Crippen molar-refractivity contribution in [3.05, 3.63) is 65.7 Å². The second-order valence-corrected chi connectivity index (χ2v) is 9.61. The van der Waals surface area contributed by atoms with Gasteiger partial charge in [-0.25, -0.2) is 0 Å². The minimum atomic E-state index is 0. The molecule has 4 rings (SSSR count). The first-order valence-electron chi connectivity index (χ1n) is 10.7. The first-order chi connectivity index (χ1) is 14.7. The molecule has 1 aliphatic heterocycles. The molecule has 0 unspecified atom stereocenters. The number of guanidine groups is 1. The summed E-state index contributed by atoms with van der Waals surface area (Å²) in [5.74, 6) is 1.04. The molecule has 1 fully saturated rings. The molecular weight excluding hydrogens is 519 g/mol. The van der Waals surface area contributed by atoms with Gasteiger partial charge >= 0.3 is 0 Å². The van der Waals surface area contributed by atoms with E-state index in [9.17, 15) is 4.79 Å². The summed E-state index contributed by atoms with van der Waals surface area (Å²) in [5, 5.41) is 6.83. The number of nitrogens with one attached hydrogen (secondary N) is 2. The smallest absolute Gasteiger partial charge is 0.223 e. The van der Waals surface area contributed by atoms with Crippen LogP contribution in [0.2, 0.25) is 0 Å². The maximum atomic E-state index is 12.5. The second kappa shape index (κ2) is 11.2. The quantitative estimate of drug-likeness (QED) is 0.221. The minimum absolute atomic E-state index is 0. The fraction of sp³-hybridized carbons (Fsp3) is 0.417. The van der Waals surface area contributed by atoms with Crippen molar-refractivity contribution in [3.63, 3.8) is 0 Å². The number of fused-ring (bicyclic) bond motifs is 1. The number of hydrogen-bond acceptors (Lipinski definition) is 3. The Hall–Kier alpha value is -1.74. The molecule has 2 N–H and O–H groups in total. The van der Waals surface area contributed by atoms with Crippen molar-refractivity contribution in [2.45, 2.75) is 48.4 Å². The van der Waals surface area contributed by atoms with E-state index in [1.165, 1.54) is 28.9 Å². The van der Waals surface area contributed by atoms with Crippen molar-refractivity contribution >= 4 is 47.6 Å². The number of nitrogens with zero attached hydrogens (tertiary/aromatic N) is 2. The Bertz CT molecular complexity index is 876. The minimum Gasteiger partial charge on any atom is -0.356 e. The van der Waals surface area contributed by atoms with Crippen molar-refractivity contribution in [1.29, 1.82) is 0 Å². The zero-order chi connectivity index (χ0) is 20.8. The normalized spacial score (nSPS) is 16.3. The van der Waals surface area contributed by atoms with Gasteiger partial charge in [-0.3, -0.25) is 9.79 Å². The van der Waals surface area contributed by atoms with E-state index < -0.39 is 0 Å². The van der Waals surface area contributed by atoms with Crippen LogP contribution in [-0.4, -0.2) is 41.7 Å². The number of thioether (sulfide) groups is 1. The Morgan fingerprint density at radius 3 is 2.29 bits per heavy atom. The van der Waals surface area contributed by atoms with Crippen LogP contribution in [0.15, 0.2) is 64.5 Å². The zero-order valence-corrected chi connectivity index (χ0v) is 21.1. The highest BCUT2D eigenvalue weighted by Crippen LogP contribution is 2.51. The zero-order valence-electron chi connectivity index (χ0n) is 18.0. The van der Waals surface area contributed by atoms with Gasteiger partial charge in [-0.1, -0.05) is 42.5 Å². The number of benzene rings is 2. The number of hydrogen-bond donors (Lipinski definition) is 2. The van der Waals surface area contributed by atoms with E-state index in [-0.39, 0.29) is 34.6 Å². The van der Waals surface area contributed by atoms with Gasteiger partial charge in [-0.05, 0) is 42.5 Å². The number of amides is 1. The van der Waals surface area contributed by atoms with Crippen LogP contribution in [0.5, 0.6) is 0 Å². The summed E-state index contributed by atoms with van der Waals surface area (Å²) in [4.78, 5) is 20.1. The molecule has 2 aromatic carbocycles. The number of carbonyl (C=O) groups excluding carboxylic acids is 1. The van der Waals surface area contributed by atoms with E-state index >= 15 is 0 Å². The Morgan fingerprint density at radius 1 is 1.03 bits per heavy atom. The standard InChI is InChI=1S/C24H30N4OS.HI/c1-25-23(27-18-24(13-14-24)30-21-10-3-2-4-11-21)26-15-7-12-22(29)28-16-19-8-5-6-9-20(19)17-28;/h2-6,8-11H,7,12-18H2,1H3,(H2,25,26,27);1H. The molecule has 1 saturated carbocycles. The molecule has 5 nitrogen and oxygen atoms in total. The monoisotopic (exact) mass is 550 g/mol. The fourth-order valence-electron chi connectivity index (χ4n) is 3.77. The molecule has 0 aromatic heterocycles. The number of carbonyl (C=O) groups is 1. The van der Waals surface area contributed by atoms with E-state index in [1.807, 2.05) is 28.8 Å². The summed E-state index contributed by atoms with van der Waals surface area (Å²) in [6.45, 7) is 3.13. The Balaban J connectivity index is 0.00000272. The molecule has 7 heteroatoms. The third-order valence-corrected chi connectivity index (χ3v) is 7.23. The SMILES string of the molecule is CN=C(NCCCC(=O)N1Cc2ccccc2C1)NCC1(Sc2ccccc2)CC1.I. The predicted octanol–water partition coefficient (Wildman–Crippen LogP) is 4.42. The molecule has 0 bridgehead atoms. The molecule has 1 heterocycles. The average molecular weight is 551 g/mol.